The first kappa shape index (κ1) is 11.4. The number of benzene rings is 1. The molecule has 16 heavy (non-hydrogen) atoms. The summed E-state index contributed by atoms with van der Waals surface area (Å²) in [5.74, 6) is 0. The summed E-state index contributed by atoms with van der Waals surface area (Å²) in [6.45, 7) is 5.34. The van der Waals surface area contributed by atoms with Gasteiger partial charge in [-0.15, -0.1) is 0 Å². The summed E-state index contributed by atoms with van der Waals surface area (Å²) in [4.78, 5) is 5.07. The molecule has 2 rings (SSSR count). The normalized spacial score (nSPS) is 24.1. The Morgan fingerprint density at radius 2 is 2.44 bits per heavy atom. The van der Waals surface area contributed by atoms with E-state index in [1.807, 2.05) is 19.1 Å². The molecule has 3 nitrogen and oxygen atoms in total. The van der Waals surface area contributed by atoms with Crippen molar-refractivity contribution in [2.24, 2.45) is 5.16 Å². The fourth-order valence-electron chi connectivity index (χ4n) is 1.48. The number of nitrogens with zero attached hydrogens (tertiary/aromatic N) is 1. The van der Waals surface area contributed by atoms with Crippen molar-refractivity contribution in [3.05, 3.63) is 34.9 Å². The van der Waals surface area contributed by atoms with Gasteiger partial charge in [-0.3, -0.25) is 5.32 Å². The average Bonchev–Trinajstić information content (AvgIpc) is 2.59. The monoisotopic (exact) mass is 237 g/mol. The second-order valence-corrected chi connectivity index (χ2v) is 4.60. The van der Waals surface area contributed by atoms with Gasteiger partial charge in [-0.2, -0.15) is 0 Å². The van der Waals surface area contributed by atoms with E-state index in [2.05, 4.69) is 23.5 Å². The zero-order valence-electron chi connectivity index (χ0n) is 9.38. The molecule has 0 saturated carbocycles. The first-order valence-electron chi connectivity index (χ1n) is 5.18. The van der Waals surface area contributed by atoms with Crippen LogP contribution in [-0.4, -0.2) is 17.9 Å². The smallest absolute Gasteiger partial charge is 0.140 e. The molecule has 0 bridgehead atoms. The van der Waals surface area contributed by atoms with E-state index in [9.17, 15) is 0 Å². The quantitative estimate of drug-likeness (QED) is 0.876. The van der Waals surface area contributed by atoms with E-state index in [1.54, 1.807) is 6.07 Å². The largest absolute Gasteiger partial charge is 0.393 e. The number of oxime groups is 1. The van der Waals surface area contributed by atoms with Crippen LogP contribution in [-0.2, 0) is 11.4 Å². The topological polar surface area (TPSA) is 33.6 Å². The summed E-state index contributed by atoms with van der Waals surface area (Å²) in [6.07, 6.45) is 0. The maximum absolute atomic E-state index is 5.80. The van der Waals surface area contributed by atoms with Crippen molar-refractivity contribution in [1.82, 2.24) is 5.32 Å². The predicted octanol–water partition coefficient (Wildman–Crippen LogP) is 2.39. The number of hydrogen-bond donors (Lipinski definition) is 1. The van der Waals surface area contributed by atoms with Crippen molar-refractivity contribution in [2.45, 2.75) is 25.9 Å². The standard InChI is InChI=1S/C12H14ClN2O/c1-9-12(2,8-16-15-9)14-7-10-3-5-11(13)6-4-10/h3,5-6,14H,7-8H2,1-2H3. The molecule has 0 aliphatic carbocycles. The maximum atomic E-state index is 5.80. The van der Waals surface area contributed by atoms with Gasteiger partial charge in [0, 0.05) is 11.6 Å². The zero-order chi connectivity index (χ0) is 11.6. The molecule has 1 aromatic rings. The van der Waals surface area contributed by atoms with Crippen LogP contribution in [0.25, 0.3) is 0 Å². The molecule has 85 valence electrons. The third kappa shape index (κ3) is 2.36. The van der Waals surface area contributed by atoms with Crippen LogP contribution in [0.15, 0.2) is 23.4 Å². The van der Waals surface area contributed by atoms with E-state index in [0.29, 0.717) is 11.6 Å². The lowest BCUT2D eigenvalue weighted by Crippen LogP contribution is -2.48. The summed E-state index contributed by atoms with van der Waals surface area (Å²) in [5, 5.41) is 8.06. The Morgan fingerprint density at radius 1 is 1.62 bits per heavy atom. The Labute approximate surface area is 100 Å². The molecule has 1 aliphatic rings. The zero-order valence-corrected chi connectivity index (χ0v) is 10.1. The van der Waals surface area contributed by atoms with Gasteiger partial charge in [-0.25, -0.2) is 0 Å². The highest BCUT2D eigenvalue weighted by molar-refractivity contribution is 6.30. The van der Waals surface area contributed by atoms with Crippen LogP contribution in [0.5, 0.6) is 0 Å². The molecule has 1 N–H and O–H groups in total. The summed E-state index contributed by atoms with van der Waals surface area (Å²) < 4.78 is 0. The lowest BCUT2D eigenvalue weighted by Gasteiger charge is -2.23. The Morgan fingerprint density at radius 3 is 3.00 bits per heavy atom. The second-order valence-electron chi connectivity index (χ2n) is 4.17. The summed E-state index contributed by atoms with van der Waals surface area (Å²) in [7, 11) is 0. The lowest BCUT2D eigenvalue weighted by molar-refractivity contribution is 0.138. The fraction of sp³-hybridized carbons (Fsp3) is 0.417. The molecule has 1 unspecified atom stereocenters. The van der Waals surface area contributed by atoms with Crippen molar-refractivity contribution >= 4 is 17.3 Å². The van der Waals surface area contributed by atoms with Gasteiger partial charge in [0.05, 0.1) is 11.3 Å². The highest BCUT2D eigenvalue weighted by Crippen LogP contribution is 2.16. The Bertz CT molecular complexity index is 402. The molecule has 1 aromatic carbocycles. The van der Waals surface area contributed by atoms with Crippen LogP contribution in [0.3, 0.4) is 0 Å². The van der Waals surface area contributed by atoms with Crippen molar-refractivity contribution in [2.75, 3.05) is 6.61 Å². The van der Waals surface area contributed by atoms with Gasteiger partial charge in [-0.05, 0) is 37.6 Å². The van der Waals surface area contributed by atoms with Crippen molar-refractivity contribution in [3.8, 4) is 0 Å². The van der Waals surface area contributed by atoms with E-state index >= 15 is 0 Å². The average molecular weight is 238 g/mol. The molecule has 0 amide bonds. The van der Waals surface area contributed by atoms with E-state index in [4.69, 9.17) is 16.4 Å². The van der Waals surface area contributed by atoms with Gasteiger partial charge in [0.2, 0.25) is 0 Å². The molecule has 0 fully saturated rings. The van der Waals surface area contributed by atoms with Gasteiger partial charge in [0.25, 0.3) is 0 Å². The number of halogens is 1. The van der Waals surface area contributed by atoms with Gasteiger partial charge in [-0.1, -0.05) is 22.8 Å². The van der Waals surface area contributed by atoms with Gasteiger partial charge >= 0.3 is 0 Å². The van der Waals surface area contributed by atoms with Gasteiger partial charge < -0.3 is 4.84 Å². The molecule has 1 atom stereocenters. The van der Waals surface area contributed by atoms with Crippen LogP contribution in [0, 0.1) is 6.07 Å². The first-order chi connectivity index (χ1) is 7.60. The number of nitrogens with one attached hydrogen (secondary N) is 1. The molecule has 0 spiro atoms. The predicted molar refractivity (Wildman–Crippen MR) is 64.6 cm³/mol. The Kier molecular flexibility index (Phi) is 3.17. The van der Waals surface area contributed by atoms with E-state index in [0.717, 1.165) is 17.8 Å². The maximum Gasteiger partial charge on any atom is 0.140 e. The van der Waals surface area contributed by atoms with Gasteiger partial charge in [0.15, 0.2) is 0 Å². The third-order valence-corrected chi connectivity index (χ3v) is 3.10. The minimum absolute atomic E-state index is 0.173. The van der Waals surface area contributed by atoms with Crippen LogP contribution in [0.1, 0.15) is 19.4 Å². The highest BCUT2D eigenvalue weighted by Gasteiger charge is 2.33. The molecular weight excluding hydrogens is 224 g/mol. The molecule has 1 aliphatic heterocycles. The van der Waals surface area contributed by atoms with E-state index < -0.39 is 0 Å². The van der Waals surface area contributed by atoms with Crippen LogP contribution >= 0.6 is 11.6 Å². The Hall–Kier alpha value is -1.06. The SMILES string of the molecule is CC1=NOCC1(C)NCc1[c]cc(Cl)cc1. The van der Waals surface area contributed by atoms with E-state index in [1.165, 1.54) is 0 Å². The molecule has 0 saturated heterocycles. The summed E-state index contributed by atoms with van der Waals surface area (Å²) in [5.41, 5.74) is 1.87. The Balaban J connectivity index is 1.97. The number of hydrogen-bond acceptors (Lipinski definition) is 3. The first-order valence-corrected chi connectivity index (χ1v) is 5.56. The fourth-order valence-corrected chi connectivity index (χ4v) is 1.60. The number of rotatable bonds is 3. The lowest BCUT2D eigenvalue weighted by atomic mass is 9.98. The minimum Gasteiger partial charge on any atom is -0.393 e. The molecule has 0 aromatic heterocycles. The van der Waals surface area contributed by atoms with E-state index in [-0.39, 0.29) is 5.54 Å². The molecular formula is C12H14ClN2O. The summed E-state index contributed by atoms with van der Waals surface area (Å²) >= 11 is 5.80. The minimum atomic E-state index is -0.173. The molecule has 1 heterocycles. The second kappa shape index (κ2) is 4.44. The molecule has 1 radical (unpaired) electrons. The van der Waals surface area contributed by atoms with Crippen molar-refractivity contribution in [1.29, 1.82) is 0 Å². The van der Waals surface area contributed by atoms with Crippen LogP contribution in [0.2, 0.25) is 5.02 Å². The summed E-state index contributed by atoms with van der Waals surface area (Å²) in [6, 6.07) is 8.71. The van der Waals surface area contributed by atoms with Crippen LogP contribution in [0.4, 0.5) is 0 Å². The van der Waals surface area contributed by atoms with Gasteiger partial charge in [0.1, 0.15) is 6.61 Å². The highest BCUT2D eigenvalue weighted by atomic mass is 35.5. The third-order valence-electron chi connectivity index (χ3n) is 2.86. The van der Waals surface area contributed by atoms with Crippen molar-refractivity contribution in [3.63, 3.8) is 0 Å². The molecule has 4 heteroatoms. The van der Waals surface area contributed by atoms with Crippen LogP contribution < -0.4 is 5.32 Å². The van der Waals surface area contributed by atoms with Crippen molar-refractivity contribution < 1.29 is 4.84 Å².